The minimum atomic E-state index is -1.06. The summed E-state index contributed by atoms with van der Waals surface area (Å²) in [5.41, 5.74) is 0.246. The van der Waals surface area contributed by atoms with E-state index in [1.54, 1.807) is 31.2 Å². The first-order valence-electron chi connectivity index (χ1n) is 5.36. The number of carboxylic acids is 1. The van der Waals surface area contributed by atoms with Crippen LogP contribution in [0.3, 0.4) is 0 Å². The Labute approximate surface area is 103 Å². The number of carbonyl (C=O) groups is 1. The average Bonchev–Trinajstić information content (AvgIpc) is 2.34. The molecule has 0 aliphatic carbocycles. The first kappa shape index (κ1) is 11.9. The molecule has 90 valence electrons. The summed E-state index contributed by atoms with van der Waals surface area (Å²) in [5.74, 6) is 1.31. The van der Waals surface area contributed by atoms with E-state index in [1.807, 2.05) is 0 Å². The molecular formula is C14H11NO3. The van der Waals surface area contributed by atoms with E-state index in [-0.39, 0.29) is 17.7 Å². The van der Waals surface area contributed by atoms with E-state index in [2.05, 4.69) is 5.92 Å². The highest BCUT2D eigenvalue weighted by atomic mass is 16.4. The fraction of sp³-hybridized carbons (Fsp3) is 0.143. The SMILES string of the molecule is C#CCn1c(C)c(C(=O)O)c2ccccc2c1=O. The quantitative estimate of drug-likeness (QED) is 0.813. The van der Waals surface area contributed by atoms with Crippen molar-refractivity contribution in [2.24, 2.45) is 0 Å². The largest absolute Gasteiger partial charge is 0.478 e. The third-order valence-electron chi connectivity index (χ3n) is 2.90. The Morgan fingerprint density at radius 1 is 1.39 bits per heavy atom. The number of fused-ring (bicyclic) bond motifs is 1. The molecular weight excluding hydrogens is 230 g/mol. The van der Waals surface area contributed by atoms with Crippen molar-refractivity contribution in [3.8, 4) is 12.3 Å². The monoisotopic (exact) mass is 241 g/mol. The second-order valence-corrected chi connectivity index (χ2v) is 3.91. The molecule has 0 radical (unpaired) electrons. The molecule has 1 heterocycles. The van der Waals surface area contributed by atoms with Crippen LogP contribution in [0, 0.1) is 19.3 Å². The second-order valence-electron chi connectivity index (χ2n) is 3.91. The lowest BCUT2D eigenvalue weighted by molar-refractivity contribution is 0.0697. The lowest BCUT2D eigenvalue weighted by Gasteiger charge is -2.12. The van der Waals surface area contributed by atoms with Crippen LogP contribution >= 0.6 is 0 Å². The van der Waals surface area contributed by atoms with Crippen LogP contribution in [0.4, 0.5) is 0 Å². The predicted molar refractivity (Wildman–Crippen MR) is 68.7 cm³/mol. The molecule has 2 rings (SSSR count). The number of rotatable bonds is 2. The van der Waals surface area contributed by atoms with Gasteiger partial charge in [0, 0.05) is 16.5 Å². The summed E-state index contributed by atoms with van der Waals surface area (Å²) >= 11 is 0. The van der Waals surface area contributed by atoms with E-state index >= 15 is 0 Å². The summed E-state index contributed by atoms with van der Waals surface area (Å²) < 4.78 is 1.31. The topological polar surface area (TPSA) is 59.3 Å². The number of pyridine rings is 1. The summed E-state index contributed by atoms with van der Waals surface area (Å²) in [4.78, 5) is 23.5. The van der Waals surface area contributed by atoms with Gasteiger partial charge in [-0.25, -0.2) is 4.79 Å². The van der Waals surface area contributed by atoms with E-state index in [9.17, 15) is 14.7 Å². The van der Waals surface area contributed by atoms with Gasteiger partial charge in [-0.15, -0.1) is 6.42 Å². The molecule has 0 atom stereocenters. The third-order valence-corrected chi connectivity index (χ3v) is 2.90. The minimum absolute atomic E-state index is 0.0653. The van der Waals surface area contributed by atoms with E-state index in [0.717, 1.165) is 0 Å². The van der Waals surface area contributed by atoms with Gasteiger partial charge in [0.15, 0.2) is 0 Å². The number of benzene rings is 1. The number of aromatic carboxylic acids is 1. The summed E-state index contributed by atoms with van der Waals surface area (Å²) in [6.07, 6.45) is 5.21. The van der Waals surface area contributed by atoms with Gasteiger partial charge in [-0.2, -0.15) is 0 Å². The van der Waals surface area contributed by atoms with Gasteiger partial charge in [-0.05, 0) is 13.0 Å². The highest BCUT2D eigenvalue weighted by molar-refractivity contribution is 6.04. The van der Waals surface area contributed by atoms with Crippen molar-refractivity contribution in [1.82, 2.24) is 4.57 Å². The zero-order valence-corrected chi connectivity index (χ0v) is 9.80. The van der Waals surface area contributed by atoms with Crippen molar-refractivity contribution in [3.63, 3.8) is 0 Å². The van der Waals surface area contributed by atoms with Crippen LogP contribution in [-0.4, -0.2) is 15.6 Å². The normalized spacial score (nSPS) is 10.2. The van der Waals surface area contributed by atoms with Gasteiger partial charge in [-0.1, -0.05) is 24.1 Å². The molecule has 2 aromatic rings. The third kappa shape index (κ3) is 1.66. The molecule has 0 spiro atoms. The van der Waals surface area contributed by atoms with Gasteiger partial charge in [0.2, 0.25) is 0 Å². The standard InChI is InChI=1S/C14H11NO3/c1-3-8-15-9(2)12(14(17)18)10-6-4-5-7-11(10)13(15)16/h1,4-7H,8H2,2H3,(H,17,18). The van der Waals surface area contributed by atoms with Crippen LogP contribution in [0.15, 0.2) is 29.1 Å². The van der Waals surface area contributed by atoms with Gasteiger partial charge >= 0.3 is 5.97 Å². The summed E-state index contributed by atoms with van der Waals surface area (Å²) in [5, 5.41) is 10.1. The number of carboxylic acid groups (broad SMARTS) is 1. The highest BCUT2D eigenvalue weighted by Gasteiger charge is 2.17. The van der Waals surface area contributed by atoms with Crippen LogP contribution in [0.25, 0.3) is 10.8 Å². The molecule has 0 saturated carbocycles. The molecule has 1 N–H and O–H groups in total. The Balaban J connectivity index is 3.02. The Morgan fingerprint density at radius 2 is 2.00 bits per heavy atom. The van der Waals surface area contributed by atoms with Crippen LogP contribution in [0.5, 0.6) is 0 Å². The number of terminal acetylenes is 1. The number of hydrogen-bond donors (Lipinski definition) is 1. The molecule has 0 aliphatic heterocycles. The Kier molecular flexibility index (Phi) is 2.90. The minimum Gasteiger partial charge on any atom is -0.478 e. The van der Waals surface area contributed by atoms with Gasteiger partial charge in [0.25, 0.3) is 5.56 Å². The van der Waals surface area contributed by atoms with Crippen LogP contribution < -0.4 is 5.56 Å². The zero-order chi connectivity index (χ0) is 13.3. The second kappa shape index (κ2) is 4.38. The van der Waals surface area contributed by atoms with Crippen molar-refractivity contribution in [1.29, 1.82) is 0 Å². The number of nitrogens with zero attached hydrogens (tertiary/aromatic N) is 1. The smallest absolute Gasteiger partial charge is 0.338 e. The maximum absolute atomic E-state index is 12.2. The van der Waals surface area contributed by atoms with Gasteiger partial charge in [0.05, 0.1) is 12.1 Å². The molecule has 0 bridgehead atoms. The summed E-state index contributed by atoms with van der Waals surface area (Å²) in [6, 6.07) is 6.65. The molecule has 0 unspecified atom stereocenters. The maximum Gasteiger partial charge on any atom is 0.338 e. The maximum atomic E-state index is 12.2. The molecule has 0 aliphatic rings. The van der Waals surface area contributed by atoms with Crippen molar-refractivity contribution in [2.75, 3.05) is 0 Å². The van der Waals surface area contributed by atoms with Crippen LogP contribution in [-0.2, 0) is 6.54 Å². The van der Waals surface area contributed by atoms with Crippen molar-refractivity contribution in [3.05, 3.63) is 45.9 Å². The molecule has 0 amide bonds. The first-order chi connectivity index (χ1) is 8.57. The predicted octanol–water partition coefficient (Wildman–Crippen LogP) is 1.64. The van der Waals surface area contributed by atoms with Crippen molar-refractivity contribution >= 4 is 16.7 Å². The Hall–Kier alpha value is -2.54. The van der Waals surface area contributed by atoms with Crippen LogP contribution in [0.2, 0.25) is 0 Å². The van der Waals surface area contributed by atoms with E-state index < -0.39 is 5.97 Å². The van der Waals surface area contributed by atoms with Crippen molar-refractivity contribution in [2.45, 2.75) is 13.5 Å². The van der Waals surface area contributed by atoms with E-state index in [1.165, 1.54) is 4.57 Å². The molecule has 0 fully saturated rings. The van der Waals surface area contributed by atoms with Gasteiger partial charge in [-0.3, -0.25) is 9.36 Å². The van der Waals surface area contributed by atoms with E-state index in [0.29, 0.717) is 16.5 Å². The number of hydrogen-bond acceptors (Lipinski definition) is 2. The Morgan fingerprint density at radius 3 is 2.56 bits per heavy atom. The lowest BCUT2D eigenvalue weighted by atomic mass is 10.0. The Bertz CT molecular complexity index is 735. The lowest BCUT2D eigenvalue weighted by Crippen LogP contribution is -2.25. The first-order valence-corrected chi connectivity index (χ1v) is 5.36. The zero-order valence-electron chi connectivity index (χ0n) is 9.80. The van der Waals surface area contributed by atoms with E-state index in [4.69, 9.17) is 6.42 Å². The highest BCUT2D eigenvalue weighted by Crippen LogP contribution is 2.19. The van der Waals surface area contributed by atoms with Crippen LogP contribution in [0.1, 0.15) is 16.1 Å². The molecule has 4 heteroatoms. The fourth-order valence-electron chi connectivity index (χ4n) is 2.07. The van der Waals surface area contributed by atoms with Crippen molar-refractivity contribution < 1.29 is 9.90 Å². The molecule has 1 aromatic carbocycles. The summed E-state index contributed by atoms with van der Waals surface area (Å²) in [6.45, 7) is 1.66. The van der Waals surface area contributed by atoms with Gasteiger partial charge < -0.3 is 5.11 Å². The molecule has 1 aromatic heterocycles. The molecule has 4 nitrogen and oxygen atoms in total. The molecule has 0 saturated heterocycles. The van der Waals surface area contributed by atoms with Gasteiger partial charge in [0.1, 0.15) is 0 Å². The summed E-state index contributed by atoms with van der Waals surface area (Å²) in [7, 11) is 0. The average molecular weight is 241 g/mol. The molecule has 18 heavy (non-hydrogen) atoms. The fourth-order valence-corrected chi connectivity index (χ4v) is 2.07. The number of aromatic nitrogens is 1.